The van der Waals surface area contributed by atoms with Gasteiger partial charge >= 0.3 is 0 Å². The van der Waals surface area contributed by atoms with Crippen molar-refractivity contribution in [3.63, 3.8) is 0 Å². The summed E-state index contributed by atoms with van der Waals surface area (Å²) in [5, 5.41) is 3.30. The lowest BCUT2D eigenvalue weighted by Gasteiger charge is -2.23. The van der Waals surface area contributed by atoms with E-state index >= 15 is 0 Å². The Morgan fingerprint density at radius 1 is 1.30 bits per heavy atom. The molecule has 20 heavy (non-hydrogen) atoms. The molecule has 0 spiro atoms. The van der Waals surface area contributed by atoms with Crippen molar-refractivity contribution in [2.45, 2.75) is 11.7 Å². The summed E-state index contributed by atoms with van der Waals surface area (Å²) in [5.41, 5.74) is -0.143. The second-order valence-corrected chi connectivity index (χ2v) is 5.23. The quantitative estimate of drug-likeness (QED) is 0.805. The molecule has 0 aromatic carbocycles. The van der Waals surface area contributed by atoms with Gasteiger partial charge in [0.05, 0.1) is 5.92 Å². The molecule has 2 aromatic rings. The van der Waals surface area contributed by atoms with Crippen molar-refractivity contribution >= 4 is 23.6 Å². The molecule has 1 amide bonds. The SMILES string of the molecule is O=C(Nc1ncccn1)C1CSc2nccc(=O)n2C1. The van der Waals surface area contributed by atoms with Gasteiger partial charge in [-0.1, -0.05) is 11.8 Å². The van der Waals surface area contributed by atoms with Crippen LogP contribution in [-0.4, -0.2) is 31.2 Å². The molecule has 1 aliphatic heterocycles. The summed E-state index contributed by atoms with van der Waals surface area (Å²) in [7, 11) is 0. The lowest BCUT2D eigenvalue weighted by Crippen LogP contribution is -2.36. The molecule has 0 fully saturated rings. The number of hydrogen-bond acceptors (Lipinski definition) is 6. The standard InChI is InChI=1S/C12H11N5O2S/c18-9-2-5-15-12-17(9)6-8(7-20-12)10(19)16-11-13-3-1-4-14-11/h1-5,8H,6-7H2,(H,13,14,16,19). The van der Waals surface area contributed by atoms with Crippen molar-refractivity contribution in [2.24, 2.45) is 5.92 Å². The number of rotatable bonds is 2. The van der Waals surface area contributed by atoms with Crippen LogP contribution in [0.15, 0.2) is 40.7 Å². The van der Waals surface area contributed by atoms with Crippen molar-refractivity contribution in [1.82, 2.24) is 19.5 Å². The first-order valence-corrected chi connectivity index (χ1v) is 6.99. The van der Waals surface area contributed by atoms with Gasteiger partial charge in [0.1, 0.15) is 0 Å². The minimum Gasteiger partial charge on any atom is -0.294 e. The Hall–Kier alpha value is -2.22. The van der Waals surface area contributed by atoms with E-state index in [9.17, 15) is 9.59 Å². The monoisotopic (exact) mass is 289 g/mol. The first-order chi connectivity index (χ1) is 9.74. The Labute approximate surface area is 118 Å². The topological polar surface area (TPSA) is 89.8 Å². The molecule has 1 unspecified atom stereocenters. The third-order valence-corrected chi connectivity index (χ3v) is 4.04. The number of anilines is 1. The van der Waals surface area contributed by atoms with Crippen LogP contribution in [0.2, 0.25) is 0 Å². The molecule has 0 saturated heterocycles. The van der Waals surface area contributed by atoms with Gasteiger partial charge in [0.25, 0.3) is 5.56 Å². The van der Waals surface area contributed by atoms with E-state index in [2.05, 4.69) is 20.3 Å². The average molecular weight is 289 g/mol. The van der Waals surface area contributed by atoms with Gasteiger partial charge in [-0.05, 0) is 6.07 Å². The van der Waals surface area contributed by atoms with Crippen LogP contribution in [0.25, 0.3) is 0 Å². The highest BCUT2D eigenvalue weighted by Gasteiger charge is 2.26. The minimum absolute atomic E-state index is 0.143. The highest BCUT2D eigenvalue weighted by atomic mass is 32.2. The lowest BCUT2D eigenvalue weighted by atomic mass is 10.1. The normalized spacial score (nSPS) is 17.3. The molecule has 0 bridgehead atoms. The van der Waals surface area contributed by atoms with Gasteiger partial charge in [-0.25, -0.2) is 15.0 Å². The lowest BCUT2D eigenvalue weighted by molar-refractivity contribution is -0.119. The average Bonchev–Trinajstić information content (AvgIpc) is 2.48. The largest absolute Gasteiger partial charge is 0.294 e. The number of carbonyl (C=O) groups excluding carboxylic acids is 1. The van der Waals surface area contributed by atoms with E-state index < -0.39 is 0 Å². The maximum absolute atomic E-state index is 12.1. The van der Waals surface area contributed by atoms with Crippen LogP contribution in [0, 0.1) is 5.92 Å². The minimum atomic E-state index is -0.307. The third-order valence-electron chi connectivity index (χ3n) is 2.89. The number of thioether (sulfide) groups is 1. The van der Waals surface area contributed by atoms with Crippen LogP contribution in [0.3, 0.4) is 0 Å². The van der Waals surface area contributed by atoms with Crippen molar-refractivity contribution in [3.8, 4) is 0 Å². The summed E-state index contributed by atoms with van der Waals surface area (Å²) in [6.45, 7) is 0.327. The molecule has 0 saturated carbocycles. The Bertz CT molecular complexity index is 688. The summed E-state index contributed by atoms with van der Waals surface area (Å²) >= 11 is 1.40. The number of carbonyl (C=O) groups is 1. The molecular weight excluding hydrogens is 278 g/mol. The molecule has 1 N–H and O–H groups in total. The Kier molecular flexibility index (Phi) is 3.46. The Morgan fingerprint density at radius 3 is 2.90 bits per heavy atom. The molecular formula is C12H11N5O2S. The number of nitrogens with zero attached hydrogens (tertiary/aromatic N) is 4. The molecule has 7 nitrogen and oxygen atoms in total. The van der Waals surface area contributed by atoms with Crippen molar-refractivity contribution in [3.05, 3.63) is 41.1 Å². The maximum Gasteiger partial charge on any atom is 0.254 e. The van der Waals surface area contributed by atoms with Crippen LogP contribution in [0.1, 0.15) is 0 Å². The van der Waals surface area contributed by atoms with Crippen LogP contribution in [0.4, 0.5) is 5.95 Å². The molecule has 3 rings (SSSR count). The van der Waals surface area contributed by atoms with E-state index in [0.717, 1.165) is 0 Å². The maximum atomic E-state index is 12.1. The third kappa shape index (κ3) is 2.55. The summed E-state index contributed by atoms with van der Waals surface area (Å²) in [6.07, 6.45) is 4.60. The van der Waals surface area contributed by atoms with E-state index in [1.165, 1.54) is 28.6 Å². The molecule has 0 radical (unpaired) electrons. The zero-order valence-electron chi connectivity index (χ0n) is 10.4. The highest BCUT2D eigenvalue weighted by Crippen LogP contribution is 2.24. The highest BCUT2D eigenvalue weighted by molar-refractivity contribution is 7.99. The summed E-state index contributed by atoms with van der Waals surface area (Å²) < 4.78 is 1.52. The Morgan fingerprint density at radius 2 is 2.10 bits per heavy atom. The number of nitrogens with one attached hydrogen (secondary N) is 1. The second-order valence-electron chi connectivity index (χ2n) is 4.25. The number of aromatic nitrogens is 4. The van der Waals surface area contributed by atoms with Crippen molar-refractivity contribution < 1.29 is 4.79 Å². The van der Waals surface area contributed by atoms with Crippen LogP contribution in [-0.2, 0) is 11.3 Å². The predicted octanol–water partition coefficient (Wildman–Crippen LogP) is 0.394. The molecule has 3 heterocycles. The smallest absolute Gasteiger partial charge is 0.254 e. The van der Waals surface area contributed by atoms with Crippen molar-refractivity contribution in [1.29, 1.82) is 0 Å². The summed E-state index contributed by atoms with van der Waals surface area (Å²) in [6, 6.07) is 3.07. The number of amides is 1. The molecule has 0 aliphatic carbocycles. The Balaban J connectivity index is 1.75. The zero-order valence-corrected chi connectivity index (χ0v) is 11.2. The number of fused-ring (bicyclic) bond motifs is 1. The first kappa shape index (κ1) is 12.8. The predicted molar refractivity (Wildman–Crippen MR) is 73.4 cm³/mol. The van der Waals surface area contributed by atoms with E-state index in [4.69, 9.17) is 0 Å². The van der Waals surface area contributed by atoms with Gasteiger partial charge in [0, 0.05) is 37.0 Å². The van der Waals surface area contributed by atoms with Gasteiger partial charge in [-0.3, -0.25) is 19.5 Å². The van der Waals surface area contributed by atoms with Gasteiger partial charge in [0.2, 0.25) is 11.9 Å². The van der Waals surface area contributed by atoms with Crippen LogP contribution in [0.5, 0.6) is 0 Å². The van der Waals surface area contributed by atoms with Gasteiger partial charge < -0.3 is 0 Å². The first-order valence-electron chi connectivity index (χ1n) is 6.00. The molecule has 1 atom stereocenters. The van der Waals surface area contributed by atoms with Gasteiger partial charge in [0.15, 0.2) is 5.16 Å². The molecule has 2 aromatic heterocycles. The van der Waals surface area contributed by atoms with E-state index in [1.807, 2.05) is 0 Å². The van der Waals surface area contributed by atoms with E-state index in [0.29, 0.717) is 17.5 Å². The number of hydrogen-bond donors (Lipinski definition) is 1. The van der Waals surface area contributed by atoms with E-state index in [1.54, 1.807) is 18.5 Å². The van der Waals surface area contributed by atoms with Gasteiger partial charge in [-0.2, -0.15) is 0 Å². The van der Waals surface area contributed by atoms with Crippen molar-refractivity contribution in [2.75, 3.05) is 11.1 Å². The fourth-order valence-corrected chi connectivity index (χ4v) is 2.95. The van der Waals surface area contributed by atoms with Crippen LogP contribution < -0.4 is 10.9 Å². The van der Waals surface area contributed by atoms with Gasteiger partial charge in [-0.15, -0.1) is 0 Å². The molecule has 1 aliphatic rings. The van der Waals surface area contributed by atoms with E-state index in [-0.39, 0.29) is 23.3 Å². The molecule has 8 heteroatoms. The van der Waals surface area contributed by atoms with Crippen LogP contribution >= 0.6 is 11.8 Å². The fraction of sp³-hybridized carbons (Fsp3) is 0.250. The second kappa shape index (κ2) is 5.41. The summed E-state index contributed by atoms with van der Waals surface area (Å²) in [5.74, 6) is 0.352. The fourth-order valence-electron chi connectivity index (χ4n) is 1.88. The summed E-state index contributed by atoms with van der Waals surface area (Å²) in [4.78, 5) is 35.9. The zero-order chi connectivity index (χ0) is 13.9. The molecule has 102 valence electrons.